The zero-order valence-corrected chi connectivity index (χ0v) is 10.6. The van der Waals surface area contributed by atoms with E-state index in [-0.39, 0.29) is 0 Å². The van der Waals surface area contributed by atoms with E-state index in [9.17, 15) is 8.42 Å². The van der Waals surface area contributed by atoms with Crippen LogP contribution in [0.5, 0.6) is 0 Å². The van der Waals surface area contributed by atoms with Crippen molar-refractivity contribution in [3.05, 3.63) is 24.3 Å². The van der Waals surface area contributed by atoms with Gasteiger partial charge in [-0.1, -0.05) is 0 Å². The number of hydrogen-bond acceptors (Lipinski definition) is 4. The van der Waals surface area contributed by atoms with Gasteiger partial charge in [0.15, 0.2) is 0 Å². The predicted octanol–water partition coefficient (Wildman–Crippen LogP) is 0.00430. The van der Waals surface area contributed by atoms with Gasteiger partial charge in [0.1, 0.15) is 0 Å². The van der Waals surface area contributed by atoms with Gasteiger partial charge in [0.25, 0.3) is 0 Å². The van der Waals surface area contributed by atoms with Crippen LogP contribution in [0.1, 0.15) is 0 Å². The van der Waals surface area contributed by atoms with Crippen molar-refractivity contribution < 1.29 is 8.42 Å². The quantitative estimate of drug-likeness (QED) is 0.798. The fourth-order valence-electron chi connectivity index (χ4n) is 1.88. The molecule has 0 saturated carbocycles. The highest BCUT2D eigenvalue weighted by Crippen LogP contribution is 2.18. The van der Waals surface area contributed by atoms with Crippen LogP contribution in [-0.4, -0.2) is 41.6 Å². The van der Waals surface area contributed by atoms with Crippen molar-refractivity contribution in [2.75, 3.05) is 38.1 Å². The lowest BCUT2D eigenvalue weighted by molar-refractivity contribution is 0.586. The van der Waals surface area contributed by atoms with Crippen LogP contribution in [0.3, 0.4) is 0 Å². The number of piperazine rings is 1. The lowest BCUT2D eigenvalue weighted by Gasteiger charge is -2.29. The highest BCUT2D eigenvalue weighted by atomic mass is 32.2. The van der Waals surface area contributed by atoms with Gasteiger partial charge in [0.2, 0.25) is 10.0 Å². The van der Waals surface area contributed by atoms with Crippen LogP contribution in [0, 0.1) is 0 Å². The molecule has 5 nitrogen and oxygen atoms in total. The largest absolute Gasteiger partial charge is 0.369 e. The minimum absolute atomic E-state index is 0.305. The molecule has 1 saturated heterocycles. The second-order valence-electron chi connectivity index (χ2n) is 3.94. The summed E-state index contributed by atoms with van der Waals surface area (Å²) in [5.41, 5.74) is 1.07. The summed E-state index contributed by atoms with van der Waals surface area (Å²) in [5, 5.41) is 3.28. The fraction of sp³-hybridized carbons (Fsp3) is 0.455. The first-order valence-corrected chi connectivity index (χ1v) is 7.11. The van der Waals surface area contributed by atoms with Crippen LogP contribution < -0.4 is 14.9 Å². The van der Waals surface area contributed by atoms with Crippen LogP contribution in [0.4, 0.5) is 5.69 Å². The molecule has 1 heterocycles. The molecular weight excluding hydrogens is 238 g/mol. The van der Waals surface area contributed by atoms with E-state index in [1.54, 1.807) is 12.1 Å². The topological polar surface area (TPSA) is 61.4 Å². The van der Waals surface area contributed by atoms with Crippen molar-refractivity contribution in [3.8, 4) is 0 Å². The standard InChI is InChI=1S/C11H17N3O2S/c1-12-17(15,16)11-4-2-10(3-5-11)14-8-6-13-7-9-14/h2-5,12-13H,6-9H2,1H3. The number of nitrogens with zero attached hydrogens (tertiary/aromatic N) is 1. The maximum absolute atomic E-state index is 11.6. The van der Waals surface area contributed by atoms with E-state index in [0.717, 1.165) is 31.9 Å². The Balaban J connectivity index is 2.18. The van der Waals surface area contributed by atoms with E-state index >= 15 is 0 Å². The van der Waals surface area contributed by atoms with Gasteiger partial charge < -0.3 is 10.2 Å². The van der Waals surface area contributed by atoms with Crippen LogP contribution in [0.2, 0.25) is 0 Å². The third-order valence-electron chi connectivity index (χ3n) is 2.90. The summed E-state index contributed by atoms with van der Waals surface area (Å²) in [6.07, 6.45) is 0. The molecule has 0 aromatic heterocycles. The molecular formula is C11H17N3O2S. The zero-order valence-electron chi connectivity index (χ0n) is 9.81. The van der Waals surface area contributed by atoms with Gasteiger partial charge in [-0.2, -0.15) is 0 Å². The zero-order chi connectivity index (χ0) is 12.3. The molecule has 6 heteroatoms. The van der Waals surface area contributed by atoms with Crippen molar-refractivity contribution in [3.63, 3.8) is 0 Å². The molecule has 0 atom stereocenters. The minimum Gasteiger partial charge on any atom is -0.369 e. The molecule has 1 aliphatic heterocycles. The summed E-state index contributed by atoms with van der Waals surface area (Å²) >= 11 is 0. The normalized spacial score (nSPS) is 17.1. The molecule has 0 amide bonds. The number of anilines is 1. The molecule has 1 aromatic rings. The Morgan fingerprint density at radius 1 is 1.18 bits per heavy atom. The third kappa shape index (κ3) is 2.77. The minimum atomic E-state index is -3.33. The lowest BCUT2D eigenvalue weighted by atomic mass is 10.2. The molecule has 0 spiro atoms. The van der Waals surface area contributed by atoms with E-state index in [2.05, 4.69) is 14.9 Å². The first-order chi connectivity index (χ1) is 8.13. The van der Waals surface area contributed by atoms with Gasteiger partial charge >= 0.3 is 0 Å². The third-order valence-corrected chi connectivity index (χ3v) is 4.33. The average molecular weight is 255 g/mol. The van der Waals surface area contributed by atoms with Gasteiger partial charge in [-0.15, -0.1) is 0 Å². The summed E-state index contributed by atoms with van der Waals surface area (Å²) < 4.78 is 25.4. The van der Waals surface area contributed by atoms with E-state index in [0.29, 0.717) is 4.90 Å². The van der Waals surface area contributed by atoms with Gasteiger partial charge in [-0.05, 0) is 31.3 Å². The summed E-state index contributed by atoms with van der Waals surface area (Å²) in [4.78, 5) is 2.55. The van der Waals surface area contributed by atoms with Crippen molar-refractivity contribution in [1.29, 1.82) is 0 Å². The van der Waals surface area contributed by atoms with Crippen molar-refractivity contribution >= 4 is 15.7 Å². The Morgan fingerprint density at radius 2 is 1.76 bits per heavy atom. The second-order valence-corrected chi connectivity index (χ2v) is 5.83. The first-order valence-electron chi connectivity index (χ1n) is 5.63. The van der Waals surface area contributed by atoms with Crippen molar-refractivity contribution in [2.45, 2.75) is 4.90 Å². The summed E-state index contributed by atoms with van der Waals surface area (Å²) in [5.74, 6) is 0. The van der Waals surface area contributed by atoms with Gasteiger partial charge in [-0.25, -0.2) is 13.1 Å². The van der Waals surface area contributed by atoms with Crippen LogP contribution in [0.25, 0.3) is 0 Å². The molecule has 1 fully saturated rings. The Labute approximate surface area is 102 Å². The van der Waals surface area contributed by atoms with Crippen molar-refractivity contribution in [1.82, 2.24) is 10.0 Å². The smallest absolute Gasteiger partial charge is 0.240 e. The SMILES string of the molecule is CNS(=O)(=O)c1ccc(N2CCNCC2)cc1. The van der Waals surface area contributed by atoms with E-state index in [1.807, 2.05) is 12.1 Å². The van der Waals surface area contributed by atoms with Gasteiger partial charge in [-0.3, -0.25) is 0 Å². The average Bonchev–Trinajstić information content (AvgIpc) is 2.40. The van der Waals surface area contributed by atoms with E-state index in [1.165, 1.54) is 7.05 Å². The Bertz CT molecular complexity index is 464. The molecule has 1 aliphatic rings. The monoisotopic (exact) mass is 255 g/mol. The fourth-order valence-corrected chi connectivity index (χ4v) is 2.61. The number of sulfonamides is 1. The van der Waals surface area contributed by atoms with Gasteiger partial charge in [0.05, 0.1) is 4.90 Å². The Hall–Kier alpha value is -1.11. The summed E-state index contributed by atoms with van der Waals surface area (Å²) in [6.45, 7) is 3.85. The van der Waals surface area contributed by atoms with Crippen LogP contribution >= 0.6 is 0 Å². The van der Waals surface area contributed by atoms with E-state index in [4.69, 9.17) is 0 Å². The molecule has 94 valence electrons. The Kier molecular flexibility index (Phi) is 3.66. The number of nitrogens with one attached hydrogen (secondary N) is 2. The summed E-state index contributed by atoms with van der Waals surface area (Å²) in [7, 11) is -1.91. The molecule has 0 bridgehead atoms. The molecule has 0 unspecified atom stereocenters. The molecule has 2 N–H and O–H groups in total. The number of hydrogen-bond donors (Lipinski definition) is 2. The van der Waals surface area contributed by atoms with Crippen molar-refractivity contribution in [2.24, 2.45) is 0 Å². The van der Waals surface area contributed by atoms with Gasteiger partial charge in [0, 0.05) is 31.9 Å². The molecule has 1 aromatic carbocycles. The number of benzene rings is 1. The predicted molar refractivity (Wildman–Crippen MR) is 67.8 cm³/mol. The molecule has 17 heavy (non-hydrogen) atoms. The van der Waals surface area contributed by atoms with E-state index < -0.39 is 10.0 Å². The summed E-state index contributed by atoms with van der Waals surface area (Å²) in [6, 6.07) is 7.00. The Morgan fingerprint density at radius 3 is 2.29 bits per heavy atom. The molecule has 0 radical (unpaired) electrons. The molecule has 0 aliphatic carbocycles. The number of rotatable bonds is 3. The molecule has 2 rings (SSSR count). The van der Waals surface area contributed by atoms with Crippen LogP contribution in [0.15, 0.2) is 29.2 Å². The lowest BCUT2D eigenvalue weighted by Crippen LogP contribution is -2.43. The maximum atomic E-state index is 11.6. The highest BCUT2D eigenvalue weighted by molar-refractivity contribution is 7.89. The first kappa shape index (κ1) is 12.3. The second kappa shape index (κ2) is 5.03. The highest BCUT2D eigenvalue weighted by Gasteiger charge is 2.13. The maximum Gasteiger partial charge on any atom is 0.240 e. The van der Waals surface area contributed by atoms with Crippen LogP contribution in [-0.2, 0) is 10.0 Å².